The van der Waals surface area contributed by atoms with Gasteiger partial charge in [-0.25, -0.2) is 0 Å². The molecule has 0 bridgehead atoms. The van der Waals surface area contributed by atoms with Crippen LogP contribution in [0.2, 0.25) is 0 Å². The summed E-state index contributed by atoms with van der Waals surface area (Å²) in [6.45, 7) is 1.90. The van der Waals surface area contributed by atoms with E-state index < -0.39 is 0 Å². The van der Waals surface area contributed by atoms with E-state index in [2.05, 4.69) is 0 Å². The van der Waals surface area contributed by atoms with Crippen LogP contribution in [0.1, 0.15) is 18.5 Å². The molecular formula is C9H15ClN2O. The average Bonchev–Trinajstić information content (AvgIpc) is 2.03. The summed E-state index contributed by atoms with van der Waals surface area (Å²) < 4.78 is 5.13. The van der Waals surface area contributed by atoms with Crippen LogP contribution in [0, 0.1) is 0 Å². The lowest BCUT2D eigenvalue weighted by Crippen LogP contribution is -2.08. The first-order chi connectivity index (χ1) is 5.66. The Kier molecular flexibility index (Phi) is 4.59. The highest BCUT2D eigenvalue weighted by atomic mass is 35.5. The summed E-state index contributed by atoms with van der Waals surface area (Å²) in [5.41, 5.74) is 13.0. The molecular weight excluding hydrogens is 188 g/mol. The second-order valence-corrected chi connectivity index (χ2v) is 2.76. The molecule has 0 spiro atoms. The van der Waals surface area contributed by atoms with E-state index in [0.717, 1.165) is 5.56 Å². The third kappa shape index (κ3) is 2.50. The third-order valence-electron chi connectivity index (χ3n) is 1.77. The Morgan fingerprint density at radius 1 is 1.38 bits per heavy atom. The summed E-state index contributed by atoms with van der Waals surface area (Å²) in [6, 6.07) is 5.53. The number of hydrogen-bond donors (Lipinski definition) is 2. The molecule has 1 unspecified atom stereocenters. The number of rotatable bonds is 2. The highest BCUT2D eigenvalue weighted by molar-refractivity contribution is 5.85. The van der Waals surface area contributed by atoms with Gasteiger partial charge >= 0.3 is 0 Å². The van der Waals surface area contributed by atoms with Gasteiger partial charge in [-0.3, -0.25) is 0 Å². The zero-order chi connectivity index (χ0) is 9.14. The van der Waals surface area contributed by atoms with Gasteiger partial charge in [0.05, 0.1) is 12.8 Å². The standard InChI is InChI=1S/C9H14N2O.ClH/c1-6(10)7-4-3-5-8(11)9(7)12-2;/h3-6H,10-11H2,1-2H3;1H. The normalized spacial score (nSPS) is 11.6. The fourth-order valence-corrected chi connectivity index (χ4v) is 1.17. The maximum absolute atomic E-state index is 5.72. The molecule has 1 aromatic carbocycles. The summed E-state index contributed by atoms with van der Waals surface area (Å²) in [4.78, 5) is 0. The summed E-state index contributed by atoms with van der Waals surface area (Å²) in [5, 5.41) is 0. The lowest BCUT2D eigenvalue weighted by molar-refractivity contribution is 0.409. The molecule has 0 fully saturated rings. The average molecular weight is 203 g/mol. The van der Waals surface area contributed by atoms with Crippen molar-refractivity contribution in [1.82, 2.24) is 0 Å². The second kappa shape index (κ2) is 4.94. The Morgan fingerprint density at radius 2 is 2.00 bits per heavy atom. The Bertz CT molecular complexity index is 276. The fraction of sp³-hybridized carbons (Fsp3) is 0.333. The molecule has 4 N–H and O–H groups in total. The number of benzene rings is 1. The van der Waals surface area contributed by atoms with E-state index in [1.165, 1.54) is 0 Å². The third-order valence-corrected chi connectivity index (χ3v) is 1.77. The number of nitrogen functional groups attached to an aromatic ring is 1. The molecule has 0 aromatic heterocycles. The number of para-hydroxylation sites is 1. The summed E-state index contributed by atoms with van der Waals surface area (Å²) in [6.07, 6.45) is 0. The van der Waals surface area contributed by atoms with E-state index in [-0.39, 0.29) is 18.4 Å². The van der Waals surface area contributed by atoms with Crippen molar-refractivity contribution < 1.29 is 4.74 Å². The molecule has 1 atom stereocenters. The Balaban J connectivity index is 0.00000144. The van der Waals surface area contributed by atoms with Crippen LogP contribution in [0.3, 0.4) is 0 Å². The molecule has 0 saturated heterocycles. The van der Waals surface area contributed by atoms with Crippen LogP contribution >= 0.6 is 12.4 Å². The summed E-state index contributed by atoms with van der Waals surface area (Å²) in [5.74, 6) is 0.688. The molecule has 0 saturated carbocycles. The maximum Gasteiger partial charge on any atom is 0.146 e. The zero-order valence-corrected chi connectivity index (χ0v) is 8.60. The van der Waals surface area contributed by atoms with E-state index in [9.17, 15) is 0 Å². The number of anilines is 1. The van der Waals surface area contributed by atoms with Crippen molar-refractivity contribution in [2.75, 3.05) is 12.8 Å². The van der Waals surface area contributed by atoms with Gasteiger partial charge in [0.15, 0.2) is 0 Å². The highest BCUT2D eigenvalue weighted by Gasteiger charge is 2.08. The lowest BCUT2D eigenvalue weighted by atomic mass is 10.1. The first-order valence-corrected chi connectivity index (χ1v) is 3.84. The van der Waals surface area contributed by atoms with E-state index in [1.807, 2.05) is 19.1 Å². The van der Waals surface area contributed by atoms with Crippen LogP contribution in [-0.2, 0) is 0 Å². The molecule has 0 aliphatic heterocycles. The monoisotopic (exact) mass is 202 g/mol. The minimum Gasteiger partial charge on any atom is -0.494 e. The molecule has 74 valence electrons. The molecule has 1 rings (SSSR count). The molecule has 13 heavy (non-hydrogen) atoms. The van der Waals surface area contributed by atoms with Crippen LogP contribution in [0.4, 0.5) is 5.69 Å². The van der Waals surface area contributed by atoms with E-state index >= 15 is 0 Å². The minimum absolute atomic E-state index is 0. The molecule has 4 heteroatoms. The van der Waals surface area contributed by atoms with Gasteiger partial charge in [0.25, 0.3) is 0 Å². The highest BCUT2D eigenvalue weighted by Crippen LogP contribution is 2.29. The number of nitrogens with two attached hydrogens (primary N) is 2. The maximum atomic E-state index is 5.72. The van der Waals surface area contributed by atoms with Gasteiger partial charge < -0.3 is 16.2 Å². The minimum atomic E-state index is -0.0524. The smallest absolute Gasteiger partial charge is 0.146 e. The molecule has 0 aliphatic rings. The second-order valence-electron chi connectivity index (χ2n) is 2.76. The topological polar surface area (TPSA) is 61.3 Å². The van der Waals surface area contributed by atoms with Gasteiger partial charge in [0.1, 0.15) is 5.75 Å². The van der Waals surface area contributed by atoms with E-state index in [4.69, 9.17) is 16.2 Å². The molecule has 0 heterocycles. The van der Waals surface area contributed by atoms with Gasteiger partial charge in [-0.2, -0.15) is 0 Å². The van der Waals surface area contributed by atoms with Crippen molar-refractivity contribution in [2.24, 2.45) is 5.73 Å². The van der Waals surface area contributed by atoms with Crippen LogP contribution < -0.4 is 16.2 Å². The molecule has 3 nitrogen and oxygen atoms in total. The van der Waals surface area contributed by atoms with Crippen molar-refractivity contribution in [3.63, 3.8) is 0 Å². The molecule has 1 aromatic rings. The molecule has 0 amide bonds. The lowest BCUT2D eigenvalue weighted by Gasteiger charge is -2.12. The Labute approximate surface area is 84.5 Å². The van der Waals surface area contributed by atoms with Gasteiger partial charge in [-0.15, -0.1) is 12.4 Å². The SMILES string of the molecule is COc1c(N)cccc1C(C)N.Cl. The number of halogens is 1. The number of ether oxygens (including phenoxy) is 1. The Morgan fingerprint density at radius 3 is 2.38 bits per heavy atom. The fourth-order valence-electron chi connectivity index (χ4n) is 1.17. The van der Waals surface area contributed by atoms with Gasteiger partial charge in [-0.1, -0.05) is 12.1 Å². The van der Waals surface area contributed by atoms with Gasteiger partial charge in [0, 0.05) is 11.6 Å². The van der Waals surface area contributed by atoms with Crippen LogP contribution in [0.25, 0.3) is 0 Å². The van der Waals surface area contributed by atoms with E-state index in [0.29, 0.717) is 11.4 Å². The van der Waals surface area contributed by atoms with Gasteiger partial charge in [0.2, 0.25) is 0 Å². The quantitative estimate of drug-likeness (QED) is 0.718. The van der Waals surface area contributed by atoms with E-state index in [1.54, 1.807) is 13.2 Å². The molecule has 0 aliphatic carbocycles. The predicted molar refractivity (Wildman–Crippen MR) is 57.3 cm³/mol. The first-order valence-electron chi connectivity index (χ1n) is 3.84. The largest absolute Gasteiger partial charge is 0.494 e. The van der Waals surface area contributed by atoms with Crippen LogP contribution in [0.15, 0.2) is 18.2 Å². The predicted octanol–water partition coefficient (Wildman–Crippen LogP) is 1.72. The van der Waals surface area contributed by atoms with Crippen LogP contribution in [0.5, 0.6) is 5.75 Å². The van der Waals surface area contributed by atoms with Crippen molar-refractivity contribution in [3.05, 3.63) is 23.8 Å². The van der Waals surface area contributed by atoms with Crippen molar-refractivity contribution >= 4 is 18.1 Å². The van der Waals surface area contributed by atoms with Crippen molar-refractivity contribution in [1.29, 1.82) is 0 Å². The van der Waals surface area contributed by atoms with Crippen LogP contribution in [-0.4, -0.2) is 7.11 Å². The first kappa shape index (κ1) is 12.1. The summed E-state index contributed by atoms with van der Waals surface area (Å²) in [7, 11) is 1.59. The Hall–Kier alpha value is -0.930. The number of hydrogen-bond acceptors (Lipinski definition) is 3. The van der Waals surface area contributed by atoms with Crippen molar-refractivity contribution in [2.45, 2.75) is 13.0 Å². The number of methoxy groups -OCH3 is 1. The zero-order valence-electron chi connectivity index (χ0n) is 7.78. The summed E-state index contributed by atoms with van der Waals surface area (Å²) >= 11 is 0. The van der Waals surface area contributed by atoms with Crippen molar-refractivity contribution in [3.8, 4) is 5.75 Å². The molecule has 0 radical (unpaired) electrons. The van der Waals surface area contributed by atoms with Gasteiger partial charge in [-0.05, 0) is 13.0 Å².